The zero-order valence-corrected chi connectivity index (χ0v) is 18.2. The second-order valence-corrected chi connectivity index (χ2v) is 8.11. The smallest absolute Gasteiger partial charge is 0.326 e. The highest BCUT2D eigenvalue weighted by molar-refractivity contribution is 5.90. The molecule has 4 N–H and O–H groups in total. The Balaban J connectivity index is 1.18. The normalized spacial score (nSPS) is 13.9. The second-order valence-electron chi connectivity index (χ2n) is 8.11. The maximum Gasteiger partial charge on any atom is 0.326 e. The summed E-state index contributed by atoms with van der Waals surface area (Å²) in [4.78, 5) is 24.9. The maximum atomic E-state index is 11.7. The monoisotopic (exact) mass is 434 g/mol. The van der Waals surface area contributed by atoms with Crippen molar-refractivity contribution in [3.63, 3.8) is 0 Å². The molecule has 1 aliphatic rings. The van der Waals surface area contributed by atoms with Crippen LogP contribution in [-0.4, -0.2) is 51.7 Å². The average molecular weight is 435 g/mol. The number of para-hydroxylation sites is 1. The van der Waals surface area contributed by atoms with Crippen LogP contribution in [0.2, 0.25) is 0 Å². The Bertz CT molecular complexity index is 1050. The van der Waals surface area contributed by atoms with Gasteiger partial charge in [0, 0.05) is 17.6 Å². The summed E-state index contributed by atoms with van der Waals surface area (Å²) in [7, 11) is 0. The molecule has 2 aromatic heterocycles. The zero-order valence-electron chi connectivity index (χ0n) is 18.2. The molecule has 8 nitrogen and oxygen atoms in total. The molecule has 0 aliphatic carbocycles. The number of fused-ring (bicyclic) bond motifs is 2. The van der Waals surface area contributed by atoms with Gasteiger partial charge >= 0.3 is 5.97 Å². The number of nitrogens with one attached hydrogen (secondary N) is 3. The van der Waals surface area contributed by atoms with E-state index in [4.69, 9.17) is 4.98 Å². The van der Waals surface area contributed by atoms with Crippen LogP contribution in [0.1, 0.15) is 36.9 Å². The Hall–Kier alpha value is -3.26. The van der Waals surface area contributed by atoms with E-state index in [0.29, 0.717) is 18.8 Å². The number of nitrogens with zero attached hydrogens (tertiary/aromatic N) is 3. The van der Waals surface area contributed by atoms with Crippen LogP contribution in [0.4, 0.5) is 11.6 Å². The van der Waals surface area contributed by atoms with Gasteiger partial charge in [-0.15, -0.1) is 0 Å². The SMILES string of the molecule is O=C(O)[C@H](CCNCCCCc1ccc2c(n1)NCCC2)Nc1ncnc2ccccc12. The molecular weight excluding hydrogens is 404 g/mol. The van der Waals surface area contributed by atoms with Crippen molar-refractivity contribution in [2.75, 3.05) is 30.3 Å². The first-order valence-corrected chi connectivity index (χ1v) is 11.3. The molecule has 1 atom stereocenters. The number of carboxylic acids is 1. The maximum absolute atomic E-state index is 11.7. The van der Waals surface area contributed by atoms with Gasteiger partial charge in [0.15, 0.2) is 0 Å². The third kappa shape index (κ3) is 5.70. The molecule has 3 aromatic rings. The van der Waals surface area contributed by atoms with Crippen LogP contribution >= 0.6 is 0 Å². The van der Waals surface area contributed by atoms with E-state index in [-0.39, 0.29) is 0 Å². The first kappa shape index (κ1) is 22.0. The largest absolute Gasteiger partial charge is 0.480 e. The summed E-state index contributed by atoms with van der Waals surface area (Å²) in [6.45, 7) is 2.48. The highest BCUT2D eigenvalue weighted by Crippen LogP contribution is 2.21. The number of anilines is 2. The second kappa shape index (κ2) is 10.9. The molecule has 0 spiro atoms. The molecule has 0 fully saturated rings. The van der Waals surface area contributed by atoms with Crippen LogP contribution in [0, 0.1) is 0 Å². The minimum atomic E-state index is -0.887. The molecule has 1 aliphatic heterocycles. The van der Waals surface area contributed by atoms with Crippen molar-refractivity contribution in [1.29, 1.82) is 0 Å². The summed E-state index contributed by atoms with van der Waals surface area (Å²) in [5.74, 6) is 0.715. The molecular formula is C24H30N6O2. The van der Waals surface area contributed by atoms with Gasteiger partial charge in [-0.3, -0.25) is 0 Å². The molecule has 1 aromatic carbocycles. The number of pyridine rings is 1. The van der Waals surface area contributed by atoms with Crippen molar-refractivity contribution in [3.05, 3.63) is 54.0 Å². The quantitative estimate of drug-likeness (QED) is 0.340. The fourth-order valence-corrected chi connectivity index (χ4v) is 3.98. The molecule has 0 bridgehead atoms. The van der Waals surface area contributed by atoms with Crippen LogP contribution < -0.4 is 16.0 Å². The van der Waals surface area contributed by atoms with Gasteiger partial charge in [-0.2, -0.15) is 0 Å². The molecule has 8 heteroatoms. The summed E-state index contributed by atoms with van der Waals surface area (Å²) >= 11 is 0. The number of aromatic nitrogens is 3. The molecule has 0 amide bonds. The highest BCUT2D eigenvalue weighted by Gasteiger charge is 2.18. The van der Waals surface area contributed by atoms with E-state index in [1.807, 2.05) is 24.3 Å². The fraction of sp³-hybridized carbons (Fsp3) is 0.417. The molecule has 168 valence electrons. The van der Waals surface area contributed by atoms with Crippen LogP contribution in [0.3, 0.4) is 0 Å². The lowest BCUT2D eigenvalue weighted by Crippen LogP contribution is -2.33. The molecule has 0 radical (unpaired) electrons. The first-order valence-electron chi connectivity index (χ1n) is 11.3. The minimum absolute atomic E-state index is 0.464. The first-order chi connectivity index (χ1) is 15.7. The van der Waals surface area contributed by atoms with E-state index in [9.17, 15) is 9.90 Å². The lowest BCUT2D eigenvalue weighted by Gasteiger charge is -2.17. The van der Waals surface area contributed by atoms with Gasteiger partial charge in [0.2, 0.25) is 0 Å². The summed E-state index contributed by atoms with van der Waals surface area (Å²) in [5, 5.41) is 20.2. The predicted octanol–water partition coefficient (Wildman–Crippen LogP) is 3.25. The number of hydrogen-bond donors (Lipinski definition) is 4. The van der Waals surface area contributed by atoms with Crippen molar-refractivity contribution in [3.8, 4) is 0 Å². The molecule has 3 heterocycles. The van der Waals surface area contributed by atoms with Gasteiger partial charge in [-0.25, -0.2) is 19.7 Å². The van der Waals surface area contributed by atoms with Crippen molar-refractivity contribution < 1.29 is 9.90 Å². The molecule has 4 rings (SSSR count). The van der Waals surface area contributed by atoms with Gasteiger partial charge in [0.25, 0.3) is 0 Å². The molecule has 0 saturated heterocycles. The molecule has 0 unspecified atom stereocenters. The third-order valence-electron chi connectivity index (χ3n) is 5.75. The Morgan fingerprint density at radius 1 is 1.12 bits per heavy atom. The topological polar surface area (TPSA) is 112 Å². The van der Waals surface area contributed by atoms with Crippen LogP contribution in [0.15, 0.2) is 42.7 Å². The number of aryl methyl sites for hydroxylation is 2. The summed E-state index contributed by atoms with van der Waals surface area (Å²) in [6, 6.07) is 11.2. The number of aliphatic carboxylic acids is 1. The lowest BCUT2D eigenvalue weighted by molar-refractivity contribution is -0.138. The van der Waals surface area contributed by atoms with E-state index in [1.54, 1.807) is 0 Å². The fourth-order valence-electron chi connectivity index (χ4n) is 3.98. The Labute approximate surface area is 187 Å². The number of rotatable bonds is 11. The number of hydrogen-bond acceptors (Lipinski definition) is 7. The van der Waals surface area contributed by atoms with Gasteiger partial charge in [0.05, 0.1) is 5.52 Å². The minimum Gasteiger partial charge on any atom is -0.480 e. The number of carbonyl (C=O) groups is 1. The van der Waals surface area contributed by atoms with Crippen LogP contribution in [0.5, 0.6) is 0 Å². The highest BCUT2D eigenvalue weighted by atomic mass is 16.4. The summed E-state index contributed by atoms with van der Waals surface area (Å²) < 4.78 is 0. The number of benzene rings is 1. The average Bonchev–Trinajstić information content (AvgIpc) is 2.82. The van der Waals surface area contributed by atoms with Gasteiger partial charge in [-0.1, -0.05) is 18.2 Å². The Morgan fingerprint density at radius 3 is 2.94 bits per heavy atom. The summed E-state index contributed by atoms with van der Waals surface area (Å²) in [6.07, 6.45) is 7.23. The van der Waals surface area contributed by atoms with Crippen LogP contribution in [0.25, 0.3) is 10.9 Å². The van der Waals surface area contributed by atoms with Gasteiger partial charge < -0.3 is 21.1 Å². The van der Waals surface area contributed by atoms with E-state index < -0.39 is 12.0 Å². The summed E-state index contributed by atoms with van der Waals surface area (Å²) in [5.41, 5.74) is 3.24. The lowest BCUT2D eigenvalue weighted by atomic mass is 10.1. The third-order valence-corrected chi connectivity index (χ3v) is 5.75. The van der Waals surface area contributed by atoms with E-state index >= 15 is 0 Å². The number of carboxylic acid groups (broad SMARTS) is 1. The Kier molecular flexibility index (Phi) is 7.45. The zero-order chi connectivity index (χ0) is 22.2. The van der Waals surface area contributed by atoms with Gasteiger partial charge in [-0.05, 0) is 75.4 Å². The van der Waals surface area contributed by atoms with Crippen molar-refractivity contribution >= 4 is 28.5 Å². The predicted molar refractivity (Wildman–Crippen MR) is 126 cm³/mol. The standard InChI is InChI=1S/C24H30N6O2/c31-24(32)21(30-23-19-8-1-2-9-20(19)27-16-28-23)12-15-25-13-4-3-7-18-11-10-17-6-5-14-26-22(17)29-18/h1-2,8-11,16,21,25H,3-7,12-15H2,(H,26,29)(H,31,32)(H,27,28,30)/t21-/m0/s1. The van der Waals surface area contributed by atoms with Crippen LogP contribution in [-0.2, 0) is 17.6 Å². The van der Waals surface area contributed by atoms with E-state index in [0.717, 1.165) is 61.2 Å². The Morgan fingerprint density at radius 2 is 2.03 bits per heavy atom. The van der Waals surface area contributed by atoms with E-state index in [1.165, 1.54) is 18.3 Å². The molecule has 0 saturated carbocycles. The van der Waals surface area contributed by atoms with Crippen molar-refractivity contribution in [2.24, 2.45) is 0 Å². The molecule has 32 heavy (non-hydrogen) atoms. The van der Waals surface area contributed by atoms with Crippen molar-refractivity contribution in [1.82, 2.24) is 20.3 Å². The van der Waals surface area contributed by atoms with E-state index in [2.05, 4.69) is 38.1 Å². The van der Waals surface area contributed by atoms with Gasteiger partial charge in [0.1, 0.15) is 24.0 Å². The van der Waals surface area contributed by atoms with Crippen molar-refractivity contribution in [2.45, 2.75) is 44.6 Å². The number of unbranched alkanes of at least 4 members (excludes halogenated alkanes) is 1.